The van der Waals surface area contributed by atoms with E-state index in [2.05, 4.69) is 32.9 Å². The van der Waals surface area contributed by atoms with Crippen LogP contribution in [-0.4, -0.2) is 34.1 Å². The molecule has 3 fully saturated rings. The van der Waals surface area contributed by atoms with Crippen LogP contribution in [0.2, 0.25) is 0 Å². The van der Waals surface area contributed by atoms with E-state index in [0.29, 0.717) is 18.3 Å². The summed E-state index contributed by atoms with van der Waals surface area (Å²) < 4.78 is 0. The van der Waals surface area contributed by atoms with Gasteiger partial charge in [0.1, 0.15) is 0 Å². The first-order valence-corrected chi connectivity index (χ1v) is 9.40. The second-order valence-corrected chi connectivity index (χ2v) is 9.81. The number of rotatable bonds is 1. The Kier molecular flexibility index (Phi) is 3.23. The van der Waals surface area contributed by atoms with Crippen LogP contribution in [-0.2, 0) is 0 Å². The summed E-state index contributed by atoms with van der Waals surface area (Å²) in [4.78, 5) is 0. The van der Waals surface area contributed by atoms with Gasteiger partial charge >= 0.3 is 0 Å². The van der Waals surface area contributed by atoms with E-state index in [1.807, 2.05) is 0 Å². The molecular weight excluding hydrogens is 288 g/mol. The van der Waals surface area contributed by atoms with Crippen LogP contribution in [0.3, 0.4) is 0 Å². The molecule has 4 aliphatic carbocycles. The van der Waals surface area contributed by atoms with Gasteiger partial charge in [-0.05, 0) is 54.8 Å². The minimum atomic E-state index is -0.497. The second-order valence-electron chi connectivity index (χ2n) is 9.81. The normalized spacial score (nSPS) is 61.1. The van der Waals surface area contributed by atoms with Crippen molar-refractivity contribution in [3.63, 3.8) is 0 Å². The lowest BCUT2D eigenvalue weighted by Crippen LogP contribution is -2.66. The number of fused-ring (bicyclic) bond motifs is 3. The van der Waals surface area contributed by atoms with E-state index in [1.54, 1.807) is 0 Å². The van der Waals surface area contributed by atoms with E-state index in [1.165, 1.54) is 0 Å². The maximum atomic E-state index is 11.2. The molecule has 0 amide bonds. The van der Waals surface area contributed by atoms with Gasteiger partial charge in [0.05, 0.1) is 12.2 Å². The molecule has 2 bridgehead atoms. The summed E-state index contributed by atoms with van der Waals surface area (Å²) in [6, 6.07) is 0. The van der Waals surface area contributed by atoms with E-state index < -0.39 is 17.6 Å². The summed E-state index contributed by atoms with van der Waals surface area (Å²) in [6.45, 7) is 6.92. The van der Waals surface area contributed by atoms with E-state index in [-0.39, 0.29) is 22.9 Å². The minimum absolute atomic E-state index is 0.0936. The number of hydrogen-bond acceptors (Lipinski definition) is 3. The fraction of sp³-hybridized carbons (Fsp3) is 0.900. The molecule has 0 aromatic heterocycles. The molecule has 23 heavy (non-hydrogen) atoms. The smallest absolute Gasteiger partial charge is 0.0746 e. The van der Waals surface area contributed by atoms with Crippen LogP contribution in [0.25, 0.3) is 0 Å². The van der Waals surface area contributed by atoms with E-state index in [0.717, 1.165) is 32.1 Å². The molecular formula is C20H32O3. The third kappa shape index (κ3) is 1.72. The van der Waals surface area contributed by atoms with Crippen molar-refractivity contribution in [1.29, 1.82) is 0 Å². The van der Waals surface area contributed by atoms with Gasteiger partial charge in [-0.25, -0.2) is 0 Å². The van der Waals surface area contributed by atoms with Gasteiger partial charge in [-0.3, -0.25) is 0 Å². The molecule has 3 N–H and O–H groups in total. The monoisotopic (exact) mass is 320 g/mol. The number of aliphatic hydroxyl groups excluding tert-OH is 3. The molecule has 0 aliphatic heterocycles. The largest absolute Gasteiger partial charge is 0.396 e. The molecule has 4 aliphatic rings. The van der Waals surface area contributed by atoms with Gasteiger partial charge in [0.2, 0.25) is 0 Å². The summed E-state index contributed by atoms with van der Waals surface area (Å²) >= 11 is 0. The predicted molar refractivity (Wildman–Crippen MR) is 89.7 cm³/mol. The van der Waals surface area contributed by atoms with Crippen molar-refractivity contribution in [2.45, 2.75) is 71.5 Å². The molecule has 130 valence electrons. The van der Waals surface area contributed by atoms with Crippen molar-refractivity contribution in [2.75, 3.05) is 6.61 Å². The molecule has 0 saturated heterocycles. The van der Waals surface area contributed by atoms with E-state index in [9.17, 15) is 15.3 Å². The Bertz CT molecular complexity index is 545. The maximum absolute atomic E-state index is 11.2. The van der Waals surface area contributed by atoms with Gasteiger partial charge in [-0.2, -0.15) is 0 Å². The molecule has 8 unspecified atom stereocenters. The predicted octanol–water partition coefficient (Wildman–Crippen LogP) is 2.89. The zero-order valence-corrected chi connectivity index (χ0v) is 14.8. The highest BCUT2D eigenvalue weighted by Gasteiger charge is 2.70. The van der Waals surface area contributed by atoms with Crippen LogP contribution in [0, 0.1) is 33.5 Å². The van der Waals surface area contributed by atoms with Crippen LogP contribution < -0.4 is 0 Å². The average Bonchev–Trinajstić information content (AvgIpc) is 2.68. The zero-order chi connectivity index (χ0) is 16.7. The SMILES string of the molecule is CC12C=CC3(C(O)CC4C(C)(CO)CCCC4(C)C3CC1)C2O. The summed E-state index contributed by atoms with van der Waals surface area (Å²) in [5, 5.41) is 32.4. The van der Waals surface area contributed by atoms with Crippen molar-refractivity contribution < 1.29 is 15.3 Å². The Morgan fingerprint density at radius 1 is 1.00 bits per heavy atom. The van der Waals surface area contributed by atoms with Crippen molar-refractivity contribution in [3.05, 3.63) is 12.2 Å². The lowest BCUT2D eigenvalue weighted by molar-refractivity contribution is -0.234. The number of hydrogen-bond donors (Lipinski definition) is 3. The molecule has 0 radical (unpaired) electrons. The van der Waals surface area contributed by atoms with Gasteiger partial charge in [0.25, 0.3) is 0 Å². The van der Waals surface area contributed by atoms with E-state index in [4.69, 9.17) is 0 Å². The topological polar surface area (TPSA) is 60.7 Å². The van der Waals surface area contributed by atoms with Gasteiger partial charge in [0.15, 0.2) is 0 Å². The molecule has 8 atom stereocenters. The van der Waals surface area contributed by atoms with Crippen LogP contribution in [0.15, 0.2) is 12.2 Å². The highest BCUT2D eigenvalue weighted by Crippen LogP contribution is 2.71. The molecule has 4 rings (SSSR count). The molecule has 3 saturated carbocycles. The third-order valence-corrected chi connectivity index (χ3v) is 8.72. The molecule has 3 heteroatoms. The van der Waals surface area contributed by atoms with Crippen LogP contribution in [0.4, 0.5) is 0 Å². The highest BCUT2D eigenvalue weighted by atomic mass is 16.3. The summed E-state index contributed by atoms with van der Waals surface area (Å²) in [5.74, 6) is 0.654. The van der Waals surface area contributed by atoms with Crippen molar-refractivity contribution in [3.8, 4) is 0 Å². The van der Waals surface area contributed by atoms with E-state index >= 15 is 0 Å². The molecule has 0 aromatic carbocycles. The molecule has 0 heterocycles. The van der Waals surface area contributed by atoms with Gasteiger partial charge < -0.3 is 15.3 Å². The Balaban J connectivity index is 1.82. The lowest BCUT2D eigenvalue weighted by atomic mass is 9.39. The Hall–Kier alpha value is -0.380. The Morgan fingerprint density at radius 3 is 2.43 bits per heavy atom. The van der Waals surface area contributed by atoms with Gasteiger partial charge in [-0.1, -0.05) is 39.3 Å². The van der Waals surface area contributed by atoms with Gasteiger partial charge in [-0.15, -0.1) is 0 Å². The first-order valence-electron chi connectivity index (χ1n) is 9.40. The lowest BCUT2D eigenvalue weighted by Gasteiger charge is -2.67. The first-order chi connectivity index (χ1) is 10.7. The first kappa shape index (κ1) is 16.1. The summed E-state index contributed by atoms with van der Waals surface area (Å²) in [7, 11) is 0. The van der Waals surface area contributed by atoms with Gasteiger partial charge in [0, 0.05) is 17.4 Å². The van der Waals surface area contributed by atoms with Crippen LogP contribution in [0.5, 0.6) is 0 Å². The van der Waals surface area contributed by atoms with Crippen molar-refractivity contribution >= 4 is 0 Å². The highest BCUT2D eigenvalue weighted by molar-refractivity contribution is 5.31. The maximum Gasteiger partial charge on any atom is 0.0746 e. The van der Waals surface area contributed by atoms with Crippen molar-refractivity contribution in [2.24, 2.45) is 33.5 Å². The van der Waals surface area contributed by atoms with Crippen molar-refractivity contribution in [1.82, 2.24) is 0 Å². The third-order valence-electron chi connectivity index (χ3n) is 8.72. The minimum Gasteiger partial charge on any atom is -0.396 e. The molecule has 3 nitrogen and oxygen atoms in total. The average molecular weight is 320 g/mol. The molecule has 0 aromatic rings. The summed E-state index contributed by atoms with van der Waals surface area (Å²) in [5.41, 5.74) is -0.628. The second kappa shape index (κ2) is 4.62. The Morgan fingerprint density at radius 2 is 1.74 bits per heavy atom. The molecule has 1 spiro atoms. The fourth-order valence-electron chi connectivity index (χ4n) is 7.35. The quantitative estimate of drug-likeness (QED) is 0.651. The Labute approximate surface area is 139 Å². The fourth-order valence-corrected chi connectivity index (χ4v) is 7.35. The van der Waals surface area contributed by atoms with Crippen LogP contribution in [0.1, 0.15) is 59.3 Å². The standard InChI is InChI=1S/C20H32O3/c1-17-8-5-13-19(3)7-4-6-18(2,12-21)14(19)11-15(22)20(13,10-9-17)16(17)23/h9-10,13-16,21-23H,4-8,11-12H2,1-3H3. The van der Waals surface area contributed by atoms with Crippen LogP contribution >= 0.6 is 0 Å². The summed E-state index contributed by atoms with van der Waals surface area (Å²) in [6.07, 6.45) is 9.52. The number of aliphatic hydroxyl groups is 3. The zero-order valence-electron chi connectivity index (χ0n) is 14.8.